The molecule has 0 saturated heterocycles. The molecule has 1 aromatic rings. The molecule has 0 spiro atoms. The van der Waals surface area contributed by atoms with E-state index in [1.165, 1.54) is 10.9 Å². The summed E-state index contributed by atoms with van der Waals surface area (Å²) in [7, 11) is 0. The molecule has 0 N–H and O–H groups in total. The molecule has 0 radical (unpaired) electrons. The average Bonchev–Trinajstić information content (AvgIpc) is 2.52. The topological polar surface area (TPSA) is 78.0 Å². The third-order valence-corrected chi connectivity index (χ3v) is 1.54. The lowest BCUT2D eigenvalue weighted by Gasteiger charge is -2.01. The van der Waals surface area contributed by atoms with Crippen molar-refractivity contribution in [3.05, 3.63) is 22.5 Å². The zero-order valence-electron chi connectivity index (χ0n) is 7.08. The van der Waals surface area contributed by atoms with E-state index in [2.05, 4.69) is 5.10 Å². The molecule has 1 rings (SSSR count). The Morgan fingerprint density at radius 2 is 2.54 bits per heavy atom. The molecule has 70 valence electrons. The fourth-order valence-corrected chi connectivity index (χ4v) is 0.885. The second-order valence-electron chi connectivity index (χ2n) is 2.79. The van der Waals surface area contributed by atoms with Gasteiger partial charge in [-0.25, -0.2) is 0 Å². The molecule has 1 atom stereocenters. The van der Waals surface area contributed by atoms with Gasteiger partial charge in [-0.2, -0.15) is 5.10 Å². The van der Waals surface area contributed by atoms with Crippen LogP contribution >= 0.6 is 0 Å². The van der Waals surface area contributed by atoms with Crippen LogP contribution in [-0.4, -0.2) is 21.0 Å². The number of carbonyl (C=O) groups excluding carboxylic acids is 1. The van der Waals surface area contributed by atoms with Gasteiger partial charge in [0.05, 0.1) is 11.5 Å². The van der Waals surface area contributed by atoms with Crippen LogP contribution in [0.25, 0.3) is 0 Å². The maximum Gasteiger partial charge on any atom is 0.306 e. The summed E-state index contributed by atoms with van der Waals surface area (Å²) in [6.07, 6.45) is 3.25. The van der Waals surface area contributed by atoms with Gasteiger partial charge < -0.3 is 4.79 Å². The fraction of sp³-hybridized carbons (Fsp3) is 0.429. The highest BCUT2D eigenvalue weighted by Crippen LogP contribution is 2.08. The van der Waals surface area contributed by atoms with Crippen LogP contribution in [0.2, 0.25) is 0 Å². The number of rotatable bonds is 4. The number of hydrogen-bond donors (Lipinski definition) is 0. The summed E-state index contributed by atoms with van der Waals surface area (Å²) in [5.74, 6) is -0.181. The first-order valence-corrected chi connectivity index (χ1v) is 3.75. The van der Waals surface area contributed by atoms with Gasteiger partial charge in [0.1, 0.15) is 18.7 Å². The van der Waals surface area contributed by atoms with E-state index in [0.29, 0.717) is 6.54 Å². The Kier molecular flexibility index (Phi) is 2.73. The van der Waals surface area contributed by atoms with Crippen molar-refractivity contribution in [2.75, 3.05) is 0 Å². The summed E-state index contributed by atoms with van der Waals surface area (Å²) in [6.45, 7) is 2.10. The number of nitrogens with zero attached hydrogens (tertiary/aromatic N) is 3. The number of aromatic nitrogens is 2. The summed E-state index contributed by atoms with van der Waals surface area (Å²) in [6, 6.07) is 0. The summed E-state index contributed by atoms with van der Waals surface area (Å²) in [5.41, 5.74) is -0.0573. The van der Waals surface area contributed by atoms with Gasteiger partial charge in [0.15, 0.2) is 0 Å². The lowest BCUT2D eigenvalue weighted by molar-refractivity contribution is -0.385. The monoisotopic (exact) mass is 183 g/mol. The molecular weight excluding hydrogens is 174 g/mol. The highest BCUT2D eigenvalue weighted by atomic mass is 16.6. The highest BCUT2D eigenvalue weighted by Gasteiger charge is 2.09. The Labute approximate surface area is 74.3 Å². The van der Waals surface area contributed by atoms with Crippen LogP contribution in [0.4, 0.5) is 5.69 Å². The van der Waals surface area contributed by atoms with Gasteiger partial charge in [0, 0.05) is 5.92 Å². The van der Waals surface area contributed by atoms with Gasteiger partial charge >= 0.3 is 5.69 Å². The first kappa shape index (κ1) is 9.37. The molecule has 1 heterocycles. The molecule has 0 aliphatic rings. The van der Waals surface area contributed by atoms with E-state index in [0.717, 1.165) is 12.5 Å². The SMILES string of the molecule is CC(C=O)Cn1cc([N+](=O)[O-])cn1. The van der Waals surface area contributed by atoms with Crippen molar-refractivity contribution in [3.63, 3.8) is 0 Å². The Morgan fingerprint density at radius 3 is 3.00 bits per heavy atom. The van der Waals surface area contributed by atoms with E-state index in [1.54, 1.807) is 6.92 Å². The molecule has 6 heteroatoms. The van der Waals surface area contributed by atoms with E-state index in [4.69, 9.17) is 0 Å². The van der Waals surface area contributed by atoms with Crippen LogP contribution in [0.1, 0.15) is 6.92 Å². The predicted octanol–water partition coefficient (Wildman–Crippen LogP) is 0.626. The first-order chi connectivity index (χ1) is 6.13. The van der Waals surface area contributed by atoms with E-state index in [9.17, 15) is 14.9 Å². The smallest absolute Gasteiger partial charge is 0.303 e. The molecule has 0 fully saturated rings. The molecule has 0 aromatic carbocycles. The number of carbonyl (C=O) groups is 1. The quantitative estimate of drug-likeness (QED) is 0.389. The second kappa shape index (κ2) is 3.79. The third kappa shape index (κ3) is 2.36. The summed E-state index contributed by atoms with van der Waals surface area (Å²) in [4.78, 5) is 20.0. The molecule has 13 heavy (non-hydrogen) atoms. The van der Waals surface area contributed by atoms with Crippen LogP contribution in [-0.2, 0) is 11.3 Å². The lowest BCUT2D eigenvalue weighted by atomic mass is 10.2. The number of aldehydes is 1. The van der Waals surface area contributed by atoms with Crippen molar-refractivity contribution >= 4 is 12.0 Å². The van der Waals surface area contributed by atoms with Gasteiger partial charge in [0.2, 0.25) is 0 Å². The van der Waals surface area contributed by atoms with Gasteiger partial charge in [-0.15, -0.1) is 0 Å². The minimum Gasteiger partial charge on any atom is -0.303 e. The van der Waals surface area contributed by atoms with Crippen LogP contribution in [0, 0.1) is 16.0 Å². The van der Waals surface area contributed by atoms with Crippen LogP contribution in [0.3, 0.4) is 0 Å². The molecule has 1 unspecified atom stereocenters. The summed E-state index contributed by atoms with van der Waals surface area (Å²) in [5, 5.41) is 14.0. The summed E-state index contributed by atoms with van der Waals surface area (Å²) < 4.78 is 1.39. The van der Waals surface area contributed by atoms with Gasteiger partial charge in [-0.1, -0.05) is 6.92 Å². The Bertz CT molecular complexity index is 321. The van der Waals surface area contributed by atoms with E-state index < -0.39 is 4.92 Å². The molecule has 0 aliphatic carbocycles. The maximum atomic E-state index is 10.3. The van der Waals surface area contributed by atoms with E-state index in [1.807, 2.05) is 0 Å². The van der Waals surface area contributed by atoms with Crippen molar-refractivity contribution in [3.8, 4) is 0 Å². The first-order valence-electron chi connectivity index (χ1n) is 3.75. The average molecular weight is 183 g/mol. The summed E-state index contributed by atoms with van der Waals surface area (Å²) >= 11 is 0. The minimum atomic E-state index is -0.519. The molecule has 6 nitrogen and oxygen atoms in total. The number of hydrogen-bond acceptors (Lipinski definition) is 4. The van der Waals surface area contributed by atoms with Crippen molar-refractivity contribution in [2.24, 2.45) is 5.92 Å². The van der Waals surface area contributed by atoms with Gasteiger partial charge in [0.25, 0.3) is 0 Å². The largest absolute Gasteiger partial charge is 0.306 e. The van der Waals surface area contributed by atoms with E-state index in [-0.39, 0.29) is 11.6 Å². The molecule has 0 bridgehead atoms. The Balaban J connectivity index is 2.69. The predicted molar refractivity (Wildman–Crippen MR) is 44.1 cm³/mol. The molecule has 1 aromatic heterocycles. The van der Waals surface area contributed by atoms with Crippen LogP contribution in [0.15, 0.2) is 12.4 Å². The second-order valence-corrected chi connectivity index (χ2v) is 2.79. The molecule has 0 saturated carbocycles. The third-order valence-electron chi connectivity index (χ3n) is 1.54. The van der Waals surface area contributed by atoms with Gasteiger partial charge in [-0.05, 0) is 0 Å². The van der Waals surface area contributed by atoms with Crippen molar-refractivity contribution in [1.29, 1.82) is 0 Å². The zero-order valence-corrected chi connectivity index (χ0v) is 7.08. The van der Waals surface area contributed by atoms with Crippen LogP contribution < -0.4 is 0 Å². The normalized spacial score (nSPS) is 12.4. The molecular formula is C7H9N3O3. The highest BCUT2D eigenvalue weighted by molar-refractivity contribution is 5.52. The Morgan fingerprint density at radius 1 is 1.85 bits per heavy atom. The standard InChI is InChI=1S/C7H9N3O3/c1-6(5-11)3-9-4-7(2-8-9)10(12)13/h2,4-6H,3H2,1H3. The van der Waals surface area contributed by atoms with Crippen molar-refractivity contribution in [2.45, 2.75) is 13.5 Å². The van der Waals surface area contributed by atoms with E-state index >= 15 is 0 Å². The van der Waals surface area contributed by atoms with Crippen molar-refractivity contribution in [1.82, 2.24) is 9.78 Å². The zero-order chi connectivity index (χ0) is 9.84. The lowest BCUT2D eigenvalue weighted by Crippen LogP contribution is -2.08. The van der Waals surface area contributed by atoms with Gasteiger partial charge in [-0.3, -0.25) is 14.8 Å². The van der Waals surface area contributed by atoms with Crippen LogP contribution in [0.5, 0.6) is 0 Å². The molecule has 0 amide bonds. The van der Waals surface area contributed by atoms with Crippen molar-refractivity contribution < 1.29 is 9.72 Å². The fourth-order valence-electron chi connectivity index (χ4n) is 0.885. The number of nitro groups is 1. The molecule has 0 aliphatic heterocycles. The Hall–Kier alpha value is -1.72. The maximum absolute atomic E-state index is 10.3. The minimum absolute atomic E-state index is 0.0573.